The fourth-order valence-corrected chi connectivity index (χ4v) is 2.91. The second-order valence-electron chi connectivity index (χ2n) is 5.74. The minimum Gasteiger partial charge on any atom is -0.369 e. The van der Waals surface area contributed by atoms with Crippen LogP contribution in [0.3, 0.4) is 0 Å². The molecule has 104 valence electrons. The Morgan fingerprint density at radius 2 is 1.67 bits per heavy atom. The summed E-state index contributed by atoms with van der Waals surface area (Å²) in [6.07, 6.45) is 4.12. The van der Waals surface area contributed by atoms with Gasteiger partial charge in [0.05, 0.1) is 5.52 Å². The zero-order chi connectivity index (χ0) is 14.1. The molecule has 0 radical (unpaired) electrons. The molecule has 0 spiro atoms. The lowest BCUT2D eigenvalue weighted by Gasteiger charge is -2.17. The lowest BCUT2D eigenvalue weighted by Crippen LogP contribution is -2.20. The van der Waals surface area contributed by atoms with Crippen LogP contribution in [0, 0.1) is 0 Å². The minimum absolute atomic E-state index is 0.285. The third-order valence-corrected chi connectivity index (χ3v) is 4.38. The Morgan fingerprint density at radius 3 is 2.48 bits per heavy atom. The maximum absolute atomic E-state index is 4.41. The van der Waals surface area contributed by atoms with Crippen molar-refractivity contribution in [1.82, 2.24) is 9.97 Å². The highest BCUT2D eigenvalue weighted by Crippen LogP contribution is 2.48. The fraction of sp³-hybridized carbons (Fsp3) is 0.222. The molecule has 3 heteroatoms. The van der Waals surface area contributed by atoms with Gasteiger partial charge in [0.25, 0.3) is 0 Å². The molecular weight excluding hydrogens is 258 g/mol. The van der Waals surface area contributed by atoms with Crippen molar-refractivity contribution in [1.29, 1.82) is 0 Å². The van der Waals surface area contributed by atoms with E-state index in [-0.39, 0.29) is 5.41 Å². The molecule has 0 aliphatic heterocycles. The largest absolute Gasteiger partial charge is 0.369 e. The molecule has 1 heterocycles. The summed E-state index contributed by atoms with van der Waals surface area (Å²) in [5, 5.41) is 4.62. The average Bonchev–Trinajstić information content (AvgIpc) is 3.35. The summed E-state index contributed by atoms with van der Waals surface area (Å²) in [4.78, 5) is 8.72. The Hall–Kier alpha value is -2.42. The molecule has 0 bridgehead atoms. The van der Waals surface area contributed by atoms with E-state index < -0.39 is 0 Å². The van der Waals surface area contributed by atoms with E-state index in [0.29, 0.717) is 0 Å². The Balaban J connectivity index is 1.59. The van der Waals surface area contributed by atoms with Crippen LogP contribution in [0.1, 0.15) is 18.4 Å². The molecule has 1 aliphatic carbocycles. The van der Waals surface area contributed by atoms with Gasteiger partial charge < -0.3 is 5.32 Å². The topological polar surface area (TPSA) is 37.8 Å². The second-order valence-corrected chi connectivity index (χ2v) is 5.74. The van der Waals surface area contributed by atoms with Gasteiger partial charge in [0, 0.05) is 17.3 Å². The summed E-state index contributed by atoms with van der Waals surface area (Å²) in [6.45, 7) is 0.929. The van der Waals surface area contributed by atoms with Crippen LogP contribution in [0.2, 0.25) is 0 Å². The summed E-state index contributed by atoms with van der Waals surface area (Å²) >= 11 is 0. The molecule has 1 fully saturated rings. The number of fused-ring (bicyclic) bond motifs is 1. The van der Waals surface area contributed by atoms with Crippen molar-refractivity contribution in [2.24, 2.45) is 0 Å². The van der Waals surface area contributed by atoms with E-state index in [9.17, 15) is 0 Å². The van der Waals surface area contributed by atoms with E-state index in [1.165, 1.54) is 18.4 Å². The summed E-state index contributed by atoms with van der Waals surface area (Å²) in [5.41, 5.74) is 2.70. The number of nitrogens with one attached hydrogen (secondary N) is 1. The number of hydrogen-bond acceptors (Lipinski definition) is 3. The quantitative estimate of drug-likeness (QED) is 0.787. The van der Waals surface area contributed by atoms with Gasteiger partial charge in [-0.1, -0.05) is 42.5 Å². The Morgan fingerprint density at radius 1 is 0.905 bits per heavy atom. The first-order valence-corrected chi connectivity index (χ1v) is 7.37. The molecule has 1 saturated carbocycles. The Kier molecular flexibility index (Phi) is 2.85. The fourth-order valence-electron chi connectivity index (χ4n) is 2.91. The van der Waals surface area contributed by atoms with Crippen LogP contribution in [0.5, 0.6) is 0 Å². The third-order valence-electron chi connectivity index (χ3n) is 4.38. The molecule has 0 unspecified atom stereocenters. The first kappa shape index (κ1) is 12.3. The predicted octanol–water partition coefficient (Wildman–Crippen LogP) is 3.77. The van der Waals surface area contributed by atoms with Crippen LogP contribution >= 0.6 is 0 Å². The summed E-state index contributed by atoms with van der Waals surface area (Å²) in [6, 6.07) is 18.9. The van der Waals surface area contributed by atoms with Gasteiger partial charge in [0.15, 0.2) is 0 Å². The van der Waals surface area contributed by atoms with Crippen molar-refractivity contribution in [3.05, 3.63) is 66.5 Å². The zero-order valence-electron chi connectivity index (χ0n) is 11.8. The summed E-state index contributed by atoms with van der Waals surface area (Å²) in [7, 11) is 0. The maximum Gasteiger partial charge on any atom is 0.137 e. The summed E-state index contributed by atoms with van der Waals surface area (Å²) in [5.74, 6) is 0.933. The van der Waals surface area contributed by atoms with Crippen LogP contribution in [0.25, 0.3) is 10.9 Å². The van der Waals surface area contributed by atoms with Crippen LogP contribution in [-0.4, -0.2) is 16.5 Å². The molecule has 1 aromatic heterocycles. The van der Waals surface area contributed by atoms with Crippen molar-refractivity contribution < 1.29 is 0 Å². The number of para-hydroxylation sites is 1. The SMILES string of the molecule is c1ccc(C2(CNc3ncnc4ccccc34)CC2)cc1. The van der Waals surface area contributed by atoms with Crippen molar-refractivity contribution >= 4 is 16.7 Å². The van der Waals surface area contributed by atoms with E-state index in [0.717, 1.165) is 23.3 Å². The van der Waals surface area contributed by atoms with Crippen molar-refractivity contribution in [2.45, 2.75) is 18.3 Å². The minimum atomic E-state index is 0.285. The Bertz CT molecular complexity index is 758. The molecule has 21 heavy (non-hydrogen) atoms. The van der Waals surface area contributed by atoms with E-state index in [4.69, 9.17) is 0 Å². The first-order valence-electron chi connectivity index (χ1n) is 7.37. The van der Waals surface area contributed by atoms with Gasteiger partial charge in [0.2, 0.25) is 0 Å². The number of rotatable bonds is 4. The molecule has 4 rings (SSSR count). The third kappa shape index (κ3) is 2.25. The van der Waals surface area contributed by atoms with Gasteiger partial charge in [0.1, 0.15) is 12.1 Å². The lowest BCUT2D eigenvalue weighted by molar-refractivity contribution is 0.731. The van der Waals surface area contributed by atoms with Gasteiger partial charge in [-0.25, -0.2) is 9.97 Å². The van der Waals surface area contributed by atoms with E-state index in [1.54, 1.807) is 6.33 Å². The van der Waals surface area contributed by atoms with Gasteiger partial charge in [-0.2, -0.15) is 0 Å². The van der Waals surface area contributed by atoms with Crippen LogP contribution in [0.4, 0.5) is 5.82 Å². The van der Waals surface area contributed by atoms with Gasteiger partial charge >= 0.3 is 0 Å². The first-order chi connectivity index (χ1) is 10.4. The molecule has 3 aromatic rings. The maximum atomic E-state index is 4.41. The Labute approximate surface area is 124 Å². The molecule has 0 saturated heterocycles. The smallest absolute Gasteiger partial charge is 0.137 e. The van der Waals surface area contributed by atoms with Crippen molar-refractivity contribution in [2.75, 3.05) is 11.9 Å². The number of anilines is 1. The molecule has 3 nitrogen and oxygen atoms in total. The van der Waals surface area contributed by atoms with Crippen LogP contribution in [-0.2, 0) is 5.41 Å². The van der Waals surface area contributed by atoms with Crippen LogP contribution < -0.4 is 5.32 Å². The molecule has 2 aromatic carbocycles. The van der Waals surface area contributed by atoms with Crippen molar-refractivity contribution in [3.8, 4) is 0 Å². The molecule has 0 atom stereocenters. The predicted molar refractivity (Wildman–Crippen MR) is 85.4 cm³/mol. The van der Waals surface area contributed by atoms with Gasteiger partial charge in [-0.15, -0.1) is 0 Å². The monoisotopic (exact) mass is 275 g/mol. The standard InChI is InChI=1S/C18H17N3/c1-2-6-14(7-3-1)18(10-11-18)12-19-17-15-8-4-5-9-16(15)20-13-21-17/h1-9,13H,10-12H2,(H,19,20,21). The highest BCUT2D eigenvalue weighted by Gasteiger charge is 2.43. The number of hydrogen-bond donors (Lipinski definition) is 1. The highest BCUT2D eigenvalue weighted by atomic mass is 15.0. The zero-order valence-corrected chi connectivity index (χ0v) is 11.8. The second kappa shape index (κ2) is 4.85. The average molecular weight is 275 g/mol. The number of nitrogens with zero attached hydrogens (tertiary/aromatic N) is 2. The molecule has 1 aliphatic rings. The summed E-state index contributed by atoms with van der Waals surface area (Å²) < 4.78 is 0. The molecule has 0 amide bonds. The molecular formula is C18H17N3. The normalized spacial score (nSPS) is 15.8. The lowest BCUT2D eigenvalue weighted by atomic mass is 9.96. The van der Waals surface area contributed by atoms with Crippen LogP contribution in [0.15, 0.2) is 60.9 Å². The number of benzene rings is 2. The van der Waals surface area contributed by atoms with E-state index >= 15 is 0 Å². The highest BCUT2D eigenvalue weighted by molar-refractivity contribution is 5.88. The van der Waals surface area contributed by atoms with E-state index in [1.807, 2.05) is 18.2 Å². The molecule has 1 N–H and O–H groups in total. The van der Waals surface area contributed by atoms with Crippen molar-refractivity contribution in [3.63, 3.8) is 0 Å². The number of aromatic nitrogens is 2. The van der Waals surface area contributed by atoms with Gasteiger partial charge in [-0.05, 0) is 30.5 Å². The van der Waals surface area contributed by atoms with Gasteiger partial charge in [-0.3, -0.25) is 0 Å². The van der Waals surface area contributed by atoms with E-state index in [2.05, 4.69) is 51.7 Å².